The molecule has 0 aliphatic carbocycles. The van der Waals surface area contributed by atoms with Crippen LogP contribution in [0.5, 0.6) is 0 Å². The maximum atomic E-state index is 11.7. The van der Waals surface area contributed by atoms with Crippen molar-refractivity contribution in [1.82, 2.24) is 9.80 Å². The summed E-state index contributed by atoms with van der Waals surface area (Å²) >= 11 is 5.83. The molecule has 1 aliphatic rings. The number of likely N-dealkylation sites (tertiary alicyclic amines) is 1. The maximum Gasteiger partial charge on any atom is 0.219 e. The minimum Gasteiger partial charge on any atom is -0.379 e. The predicted octanol–water partition coefficient (Wildman–Crippen LogP) is 4.13. The Morgan fingerprint density at radius 2 is 1.89 bits per heavy atom. The van der Waals surface area contributed by atoms with Crippen molar-refractivity contribution in [2.45, 2.75) is 66.0 Å². The van der Waals surface area contributed by atoms with E-state index in [0.717, 1.165) is 56.3 Å². The summed E-state index contributed by atoms with van der Waals surface area (Å²) in [6.07, 6.45) is 3.06. The van der Waals surface area contributed by atoms with E-state index in [1.54, 1.807) is 6.92 Å². The standard InChI is InChI=1S/C22H35N3O2S/c1-16(2)27-15-7-12-25(20-10-13-24(14-11-20)19(5)26)22(28)23-21-17(3)8-6-9-18(21)4/h6,8-9,16,20H,7,10-15H2,1-5H3,(H,23,28). The lowest BCUT2D eigenvalue weighted by atomic mass is 10.0. The molecule has 0 atom stereocenters. The first-order chi connectivity index (χ1) is 13.3. The molecular weight excluding hydrogens is 370 g/mol. The zero-order chi connectivity index (χ0) is 20.7. The summed E-state index contributed by atoms with van der Waals surface area (Å²) in [5.41, 5.74) is 3.48. The fourth-order valence-electron chi connectivity index (χ4n) is 3.69. The van der Waals surface area contributed by atoms with Crippen molar-refractivity contribution in [1.29, 1.82) is 0 Å². The molecule has 6 heteroatoms. The van der Waals surface area contributed by atoms with Crippen LogP contribution in [0.25, 0.3) is 0 Å². The van der Waals surface area contributed by atoms with Gasteiger partial charge in [-0.05, 0) is 70.3 Å². The van der Waals surface area contributed by atoms with E-state index < -0.39 is 0 Å². The van der Waals surface area contributed by atoms with Gasteiger partial charge in [0, 0.05) is 44.9 Å². The molecule has 0 spiro atoms. The Hall–Kier alpha value is -1.66. The van der Waals surface area contributed by atoms with E-state index >= 15 is 0 Å². The third-order valence-electron chi connectivity index (χ3n) is 5.32. The molecule has 0 unspecified atom stereocenters. The molecule has 0 aromatic heterocycles. The van der Waals surface area contributed by atoms with Crippen molar-refractivity contribution >= 4 is 28.9 Å². The van der Waals surface area contributed by atoms with Crippen LogP contribution in [0.2, 0.25) is 0 Å². The number of nitrogens with zero attached hydrogens (tertiary/aromatic N) is 2. The summed E-state index contributed by atoms with van der Waals surface area (Å²) in [7, 11) is 0. The average molecular weight is 406 g/mol. The van der Waals surface area contributed by atoms with E-state index in [4.69, 9.17) is 17.0 Å². The van der Waals surface area contributed by atoms with E-state index in [9.17, 15) is 4.79 Å². The lowest BCUT2D eigenvalue weighted by Gasteiger charge is -2.40. The molecule has 0 bridgehead atoms. The van der Waals surface area contributed by atoms with Crippen LogP contribution in [0.1, 0.15) is 51.2 Å². The van der Waals surface area contributed by atoms with Crippen LogP contribution in [-0.4, -0.2) is 59.2 Å². The number of amides is 1. The molecule has 1 N–H and O–H groups in total. The highest BCUT2D eigenvalue weighted by Crippen LogP contribution is 2.23. The molecule has 1 aliphatic heterocycles. The topological polar surface area (TPSA) is 44.8 Å². The molecule has 0 radical (unpaired) electrons. The van der Waals surface area contributed by atoms with Gasteiger partial charge in [-0.25, -0.2) is 0 Å². The first kappa shape index (κ1) is 22.6. The molecule has 156 valence electrons. The highest BCUT2D eigenvalue weighted by molar-refractivity contribution is 7.80. The molecule has 5 nitrogen and oxygen atoms in total. The zero-order valence-corrected chi connectivity index (χ0v) is 18.8. The first-order valence-corrected chi connectivity index (χ1v) is 10.7. The Morgan fingerprint density at radius 1 is 1.29 bits per heavy atom. The number of benzene rings is 1. The highest BCUT2D eigenvalue weighted by Gasteiger charge is 2.27. The van der Waals surface area contributed by atoms with Gasteiger partial charge in [0.15, 0.2) is 5.11 Å². The number of carbonyl (C=O) groups excluding carboxylic acids is 1. The monoisotopic (exact) mass is 405 g/mol. The molecule has 2 rings (SSSR count). The summed E-state index contributed by atoms with van der Waals surface area (Å²) in [4.78, 5) is 15.9. The van der Waals surface area contributed by atoms with Crippen LogP contribution in [0.4, 0.5) is 5.69 Å². The predicted molar refractivity (Wildman–Crippen MR) is 120 cm³/mol. The van der Waals surface area contributed by atoms with Gasteiger partial charge in [0.05, 0.1) is 6.10 Å². The number of anilines is 1. The van der Waals surface area contributed by atoms with Gasteiger partial charge in [-0.3, -0.25) is 4.79 Å². The van der Waals surface area contributed by atoms with Crippen LogP contribution in [-0.2, 0) is 9.53 Å². The number of aryl methyl sites for hydroxylation is 2. The number of hydrogen-bond donors (Lipinski definition) is 1. The first-order valence-electron chi connectivity index (χ1n) is 10.3. The van der Waals surface area contributed by atoms with Crippen molar-refractivity contribution in [3.8, 4) is 0 Å². The van der Waals surface area contributed by atoms with Crippen molar-refractivity contribution in [3.63, 3.8) is 0 Å². The maximum absolute atomic E-state index is 11.7. The number of para-hydroxylation sites is 1. The zero-order valence-electron chi connectivity index (χ0n) is 18.0. The molecule has 28 heavy (non-hydrogen) atoms. The van der Waals surface area contributed by atoms with Crippen LogP contribution in [0.15, 0.2) is 18.2 Å². The van der Waals surface area contributed by atoms with E-state index in [-0.39, 0.29) is 12.0 Å². The summed E-state index contributed by atoms with van der Waals surface area (Å²) in [5.74, 6) is 0.159. The number of carbonyl (C=O) groups is 1. The van der Waals surface area contributed by atoms with Crippen molar-refractivity contribution in [2.24, 2.45) is 0 Å². The number of hydrogen-bond acceptors (Lipinski definition) is 3. The van der Waals surface area contributed by atoms with E-state index in [2.05, 4.69) is 56.1 Å². The largest absolute Gasteiger partial charge is 0.379 e. The third-order valence-corrected chi connectivity index (χ3v) is 5.66. The summed E-state index contributed by atoms with van der Waals surface area (Å²) in [6.45, 7) is 13.1. The average Bonchev–Trinajstić information content (AvgIpc) is 2.64. The minimum absolute atomic E-state index is 0.159. The van der Waals surface area contributed by atoms with Crippen molar-refractivity contribution < 1.29 is 9.53 Å². The van der Waals surface area contributed by atoms with Gasteiger partial charge in [-0.1, -0.05) is 18.2 Å². The Morgan fingerprint density at radius 3 is 2.43 bits per heavy atom. The fraction of sp³-hybridized carbons (Fsp3) is 0.636. The lowest BCUT2D eigenvalue weighted by Crippen LogP contribution is -2.50. The number of nitrogens with one attached hydrogen (secondary N) is 1. The lowest BCUT2D eigenvalue weighted by molar-refractivity contribution is -0.130. The van der Waals surface area contributed by atoms with Gasteiger partial charge < -0.3 is 19.9 Å². The smallest absolute Gasteiger partial charge is 0.219 e. The Kier molecular flexibility index (Phi) is 8.70. The van der Waals surface area contributed by atoms with E-state index in [0.29, 0.717) is 6.04 Å². The number of ether oxygens (including phenoxy) is 1. The molecule has 1 fully saturated rings. The number of rotatable bonds is 7. The van der Waals surface area contributed by atoms with Crippen molar-refractivity contribution in [3.05, 3.63) is 29.3 Å². The van der Waals surface area contributed by atoms with Gasteiger partial charge in [-0.15, -0.1) is 0 Å². The van der Waals surface area contributed by atoms with Crippen molar-refractivity contribution in [2.75, 3.05) is 31.6 Å². The summed E-state index contributed by atoms with van der Waals surface area (Å²) in [6, 6.07) is 6.62. The van der Waals surface area contributed by atoms with Gasteiger partial charge in [-0.2, -0.15) is 0 Å². The highest BCUT2D eigenvalue weighted by atomic mass is 32.1. The van der Waals surface area contributed by atoms with Gasteiger partial charge in [0.2, 0.25) is 5.91 Å². The summed E-state index contributed by atoms with van der Waals surface area (Å²) < 4.78 is 5.72. The molecule has 1 amide bonds. The Balaban J connectivity index is 2.06. The Labute approximate surface area is 175 Å². The van der Waals surface area contributed by atoms with E-state index in [1.807, 2.05) is 4.90 Å². The summed E-state index contributed by atoms with van der Waals surface area (Å²) in [5, 5.41) is 4.26. The minimum atomic E-state index is 0.159. The molecular formula is C22H35N3O2S. The molecule has 1 aromatic rings. The second-order valence-electron chi connectivity index (χ2n) is 7.90. The SMILES string of the molecule is CC(=O)N1CCC(N(CCCOC(C)C)C(=S)Nc2c(C)cccc2C)CC1. The van der Waals surface area contributed by atoms with Gasteiger partial charge >= 0.3 is 0 Å². The second kappa shape index (κ2) is 10.8. The molecule has 1 aromatic carbocycles. The molecule has 1 heterocycles. The van der Waals surface area contributed by atoms with E-state index in [1.165, 1.54) is 11.1 Å². The molecule has 0 saturated carbocycles. The van der Waals surface area contributed by atoms with Crippen LogP contribution in [0.3, 0.4) is 0 Å². The normalized spacial score (nSPS) is 15.0. The van der Waals surface area contributed by atoms with Gasteiger partial charge in [0.25, 0.3) is 0 Å². The number of piperidine rings is 1. The van der Waals surface area contributed by atoms with Crippen LogP contribution >= 0.6 is 12.2 Å². The second-order valence-corrected chi connectivity index (χ2v) is 8.29. The fourth-order valence-corrected chi connectivity index (χ4v) is 4.03. The molecule has 1 saturated heterocycles. The van der Waals surface area contributed by atoms with Gasteiger partial charge in [0.1, 0.15) is 0 Å². The number of thiocarbonyl (C=S) groups is 1. The third kappa shape index (κ3) is 6.45. The Bertz CT molecular complexity index is 649. The van der Waals surface area contributed by atoms with Crippen LogP contribution < -0.4 is 5.32 Å². The van der Waals surface area contributed by atoms with Crippen LogP contribution in [0, 0.1) is 13.8 Å². The quantitative estimate of drug-likeness (QED) is 0.546.